The first-order valence-electron chi connectivity index (χ1n) is 10.3. The Morgan fingerprint density at radius 1 is 1.39 bits per heavy atom. The van der Waals surface area contributed by atoms with Gasteiger partial charge in [0, 0.05) is 6.54 Å². The quantitative estimate of drug-likeness (QED) is 0.222. The van der Waals surface area contributed by atoms with Crippen LogP contribution >= 0.6 is 31.2 Å². The number of aliphatic hydroxyl groups is 2. The van der Waals surface area contributed by atoms with Gasteiger partial charge < -0.3 is 30.1 Å². The lowest BCUT2D eigenvalue weighted by atomic mass is 9.92. The fourth-order valence-corrected chi connectivity index (χ4v) is 5.82. The van der Waals surface area contributed by atoms with Gasteiger partial charge in [-0.05, 0) is 39.0 Å². The van der Waals surface area contributed by atoms with Crippen molar-refractivity contribution in [1.82, 2.24) is 10.2 Å². The number of likely N-dealkylation sites (N-methyl/N-ethyl adjacent to an activating group) is 1. The molecule has 2 aliphatic heterocycles. The average molecular weight is 505 g/mol. The van der Waals surface area contributed by atoms with E-state index < -0.39 is 49.1 Å². The van der Waals surface area contributed by atoms with Crippen LogP contribution in [0.15, 0.2) is 0 Å². The molecule has 2 fully saturated rings. The first-order valence-corrected chi connectivity index (χ1v) is 13.6. The molecular formula is C18H34ClN2O8PS. The number of phosphoric acid groups is 1. The standard InChI is InChI=1S/C18H34ClN2O8PS/c1-5-6-10-7-11(21(3)8-10)17(24)20-12(9(2)19)15-16(29-30(25,26)27)13(22)14(23)18(28-15)31-4/h9-16,18,22-23H,5-8H2,1-4H3,(H,20,24)(H2,25,26,27)/t9-,10+,11+,12+,13+,14-,15-,16+,18+/m0/s1. The maximum absolute atomic E-state index is 13.1. The molecule has 0 radical (unpaired) electrons. The molecule has 0 bridgehead atoms. The molecule has 2 aliphatic rings. The summed E-state index contributed by atoms with van der Waals surface area (Å²) in [4.78, 5) is 33.7. The molecule has 0 aromatic rings. The number of hydrogen-bond donors (Lipinski definition) is 5. The summed E-state index contributed by atoms with van der Waals surface area (Å²) in [5.41, 5.74) is -0.894. The summed E-state index contributed by atoms with van der Waals surface area (Å²) in [6, 6.07) is -1.30. The van der Waals surface area contributed by atoms with Crippen molar-refractivity contribution in [2.45, 2.75) is 80.4 Å². The molecule has 0 unspecified atom stereocenters. The number of ether oxygens (including phenoxy) is 1. The molecular weight excluding hydrogens is 471 g/mol. The normalized spacial score (nSPS) is 36.9. The summed E-state index contributed by atoms with van der Waals surface area (Å²) in [5, 5.41) is 22.9. The molecule has 10 nitrogen and oxygen atoms in total. The molecule has 5 N–H and O–H groups in total. The van der Waals surface area contributed by atoms with Crippen LogP contribution in [0.2, 0.25) is 0 Å². The fraction of sp³-hybridized carbons (Fsp3) is 0.944. The van der Waals surface area contributed by atoms with Crippen molar-refractivity contribution in [2.75, 3.05) is 19.8 Å². The van der Waals surface area contributed by atoms with E-state index in [0.29, 0.717) is 12.3 Å². The number of likely N-dealkylation sites (tertiary alicyclic amines) is 1. The molecule has 0 aliphatic carbocycles. The maximum Gasteiger partial charge on any atom is 0.470 e. The summed E-state index contributed by atoms with van der Waals surface area (Å²) >= 11 is 7.46. The van der Waals surface area contributed by atoms with E-state index in [-0.39, 0.29) is 11.9 Å². The van der Waals surface area contributed by atoms with Crippen molar-refractivity contribution < 1.29 is 38.6 Å². The first-order chi connectivity index (χ1) is 14.4. The summed E-state index contributed by atoms with van der Waals surface area (Å²) < 4.78 is 22.1. The Hall–Kier alpha value is 0.0600. The van der Waals surface area contributed by atoms with Gasteiger partial charge in [0.1, 0.15) is 29.9 Å². The van der Waals surface area contributed by atoms with Crippen LogP contribution < -0.4 is 5.32 Å². The molecule has 31 heavy (non-hydrogen) atoms. The van der Waals surface area contributed by atoms with Crippen molar-refractivity contribution in [3.8, 4) is 0 Å². The molecule has 2 rings (SSSR count). The van der Waals surface area contributed by atoms with Gasteiger partial charge in [0.15, 0.2) is 0 Å². The minimum Gasteiger partial charge on any atom is -0.387 e. The van der Waals surface area contributed by atoms with Gasteiger partial charge in [0.25, 0.3) is 0 Å². The maximum atomic E-state index is 13.1. The van der Waals surface area contributed by atoms with Crippen LogP contribution in [-0.2, 0) is 18.6 Å². The number of aliphatic hydroxyl groups excluding tert-OH is 2. The molecule has 0 saturated carbocycles. The van der Waals surface area contributed by atoms with E-state index in [1.165, 1.54) is 0 Å². The fourth-order valence-electron chi connectivity index (χ4n) is 4.38. The molecule has 13 heteroatoms. The van der Waals surface area contributed by atoms with Gasteiger partial charge in [0.2, 0.25) is 5.91 Å². The van der Waals surface area contributed by atoms with E-state index in [0.717, 1.165) is 31.1 Å². The molecule has 0 spiro atoms. The van der Waals surface area contributed by atoms with Crippen LogP contribution in [0.1, 0.15) is 33.1 Å². The van der Waals surface area contributed by atoms with Crippen LogP contribution in [0, 0.1) is 5.92 Å². The number of rotatable bonds is 9. The monoisotopic (exact) mass is 504 g/mol. The third-order valence-corrected chi connectivity index (χ3v) is 7.51. The Morgan fingerprint density at radius 2 is 2.03 bits per heavy atom. The summed E-state index contributed by atoms with van der Waals surface area (Å²) in [5.74, 6) is 0.130. The summed E-state index contributed by atoms with van der Waals surface area (Å²) in [6.45, 7) is 4.51. The van der Waals surface area contributed by atoms with Gasteiger partial charge in [-0.1, -0.05) is 13.3 Å². The van der Waals surface area contributed by atoms with E-state index in [1.54, 1.807) is 13.2 Å². The Balaban J connectivity index is 2.25. The van der Waals surface area contributed by atoms with Crippen LogP contribution in [0.5, 0.6) is 0 Å². The Bertz CT molecular complexity index is 656. The number of carbonyl (C=O) groups excluding carboxylic acids is 1. The second-order valence-electron chi connectivity index (χ2n) is 8.30. The van der Waals surface area contributed by atoms with Gasteiger partial charge in [-0.3, -0.25) is 14.2 Å². The van der Waals surface area contributed by atoms with E-state index in [9.17, 15) is 29.4 Å². The third kappa shape index (κ3) is 7.02. The zero-order chi connectivity index (χ0) is 23.5. The largest absolute Gasteiger partial charge is 0.470 e. The predicted molar refractivity (Wildman–Crippen MR) is 118 cm³/mol. The Labute approximate surface area is 192 Å². The van der Waals surface area contributed by atoms with Gasteiger partial charge in [-0.15, -0.1) is 23.4 Å². The molecule has 182 valence electrons. The topological polar surface area (TPSA) is 149 Å². The van der Waals surface area contributed by atoms with Crippen LogP contribution in [0.3, 0.4) is 0 Å². The van der Waals surface area contributed by atoms with Crippen molar-refractivity contribution in [3.63, 3.8) is 0 Å². The summed E-state index contributed by atoms with van der Waals surface area (Å²) in [6.07, 6.45) is -1.49. The number of amides is 1. The minimum absolute atomic E-state index is 0.279. The van der Waals surface area contributed by atoms with E-state index in [1.807, 2.05) is 11.9 Å². The number of alkyl halides is 1. The minimum atomic E-state index is -5.04. The molecule has 2 saturated heterocycles. The van der Waals surface area contributed by atoms with Crippen molar-refractivity contribution in [2.24, 2.45) is 5.92 Å². The van der Waals surface area contributed by atoms with E-state index in [4.69, 9.17) is 20.9 Å². The number of halogens is 1. The lowest BCUT2D eigenvalue weighted by molar-refractivity contribution is -0.201. The predicted octanol–water partition coefficient (Wildman–Crippen LogP) is 0.507. The zero-order valence-electron chi connectivity index (χ0n) is 18.1. The number of nitrogens with zero attached hydrogens (tertiary/aromatic N) is 1. The molecule has 0 aromatic heterocycles. The Kier molecular flexibility index (Phi) is 10.1. The van der Waals surface area contributed by atoms with E-state index >= 15 is 0 Å². The van der Waals surface area contributed by atoms with Crippen LogP contribution in [0.4, 0.5) is 0 Å². The molecule has 9 atom stereocenters. The highest BCUT2D eigenvalue weighted by Crippen LogP contribution is 2.43. The molecule has 0 aromatic carbocycles. The second-order valence-corrected chi connectivity index (χ2v) is 11.1. The van der Waals surface area contributed by atoms with Gasteiger partial charge in [-0.2, -0.15) is 0 Å². The smallest absolute Gasteiger partial charge is 0.387 e. The zero-order valence-corrected chi connectivity index (χ0v) is 20.6. The average Bonchev–Trinajstić information content (AvgIpc) is 3.03. The number of thioether (sulfide) groups is 1. The highest BCUT2D eigenvalue weighted by atomic mass is 35.5. The lowest BCUT2D eigenvalue weighted by Crippen LogP contribution is -2.65. The highest BCUT2D eigenvalue weighted by molar-refractivity contribution is 7.99. The first kappa shape index (κ1) is 27.3. The SMILES string of the molecule is CCC[C@@H]1C[C@H](C(=O)N[C@@H]([C@@H]2O[C@H](SC)[C@@H](O)[C@@H](O)[C@H]2OP(=O)(O)O)[C@H](C)Cl)N(C)C1. The van der Waals surface area contributed by atoms with Crippen molar-refractivity contribution >= 4 is 37.1 Å². The van der Waals surface area contributed by atoms with Crippen molar-refractivity contribution in [3.05, 3.63) is 0 Å². The third-order valence-electron chi connectivity index (χ3n) is 5.86. The van der Waals surface area contributed by atoms with E-state index in [2.05, 4.69) is 12.2 Å². The van der Waals surface area contributed by atoms with Gasteiger partial charge in [0.05, 0.1) is 17.5 Å². The number of carbonyl (C=O) groups is 1. The van der Waals surface area contributed by atoms with Crippen LogP contribution in [0.25, 0.3) is 0 Å². The highest BCUT2D eigenvalue weighted by Gasteiger charge is 2.51. The summed E-state index contributed by atoms with van der Waals surface area (Å²) in [7, 11) is -3.16. The second kappa shape index (κ2) is 11.5. The molecule has 2 heterocycles. The number of hydrogen-bond acceptors (Lipinski definition) is 8. The molecule has 1 amide bonds. The number of nitrogens with one attached hydrogen (secondary N) is 1. The van der Waals surface area contributed by atoms with Crippen molar-refractivity contribution in [1.29, 1.82) is 0 Å². The number of phosphoric ester groups is 1. The van der Waals surface area contributed by atoms with Gasteiger partial charge in [-0.25, -0.2) is 4.57 Å². The van der Waals surface area contributed by atoms with Gasteiger partial charge >= 0.3 is 7.82 Å². The van der Waals surface area contributed by atoms with Crippen LogP contribution in [-0.4, -0.2) is 98.0 Å². The lowest BCUT2D eigenvalue weighted by Gasteiger charge is -2.45. The Morgan fingerprint density at radius 3 is 2.55 bits per heavy atom.